The molecule has 23 heavy (non-hydrogen) atoms. The fourth-order valence-corrected chi connectivity index (χ4v) is 4.26. The van der Waals surface area contributed by atoms with Crippen molar-refractivity contribution in [1.82, 2.24) is 19.5 Å². The number of rotatable bonds is 2. The molecule has 2 aliphatic rings. The van der Waals surface area contributed by atoms with Crippen LogP contribution in [-0.2, 0) is 13.8 Å². The van der Waals surface area contributed by atoms with Gasteiger partial charge in [-0.15, -0.1) is 0 Å². The van der Waals surface area contributed by atoms with Crippen molar-refractivity contribution in [3.63, 3.8) is 0 Å². The molecule has 0 spiro atoms. The zero-order valence-corrected chi connectivity index (χ0v) is 13.5. The van der Waals surface area contributed by atoms with E-state index < -0.39 is 32.4 Å². The number of imidazole rings is 1. The van der Waals surface area contributed by atoms with Gasteiger partial charge in [-0.05, 0) is 0 Å². The number of hydrogen-bond acceptors (Lipinski definition) is 9. The zero-order chi connectivity index (χ0) is 16.2. The van der Waals surface area contributed by atoms with Gasteiger partial charge >= 0.3 is 131 Å². The molecule has 1 unspecified atom stereocenters. The predicted molar refractivity (Wildman–Crippen MR) is 81.7 cm³/mol. The summed E-state index contributed by atoms with van der Waals surface area (Å²) >= 11 is 0. The first-order valence-corrected chi connectivity index (χ1v) is 9.36. The summed E-state index contributed by atoms with van der Waals surface area (Å²) in [4.78, 5) is 22.4. The summed E-state index contributed by atoms with van der Waals surface area (Å²) < 4.78 is 23.4. The summed E-state index contributed by atoms with van der Waals surface area (Å²) in [5, 5.41) is 10.6. The van der Waals surface area contributed by atoms with Gasteiger partial charge in [0.1, 0.15) is 0 Å². The van der Waals surface area contributed by atoms with Crippen molar-refractivity contribution in [1.29, 1.82) is 0 Å². The standard InChI is InChI=1S/C11H16BN4O6P/c1-19-10-6-9(13-3-14-10)16(4-15-6)11-7(17)8-5(21-11)2-20-23(12,18)22-8/h3-5,7-8,11,17-18,23H,2,12H2,1H3/t5-,7?,8-,11-/m1/s1. The van der Waals surface area contributed by atoms with E-state index in [1.807, 2.05) is 0 Å². The van der Waals surface area contributed by atoms with Crippen LogP contribution >= 0.6 is 7.82 Å². The molecule has 2 N–H and O–H groups in total. The number of ether oxygens (including phenoxy) is 2. The maximum atomic E-state index is 10.6. The van der Waals surface area contributed by atoms with Crippen LogP contribution in [0.4, 0.5) is 0 Å². The molecule has 12 heteroatoms. The molecule has 0 aliphatic carbocycles. The molecule has 124 valence electrons. The van der Waals surface area contributed by atoms with E-state index in [2.05, 4.69) is 15.0 Å². The van der Waals surface area contributed by atoms with Crippen molar-refractivity contribution in [3.05, 3.63) is 12.7 Å². The second-order valence-electron chi connectivity index (χ2n) is 5.55. The number of nitrogens with zero attached hydrogens (tertiary/aromatic N) is 4. The molecule has 0 saturated carbocycles. The molecule has 2 aliphatic heterocycles. The molecule has 2 aromatic heterocycles. The summed E-state index contributed by atoms with van der Waals surface area (Å²) in [6.45, 7) is 0.169. The van der Waals surface area contributed by atoms with Gasteiger partial charge in [0.25, 0.3) is 0 Å². The number of aromatic nitrogens is 4. The topological polar surface area (TPSA) is 121 Å². The summed E-state index contributed by atoms with van der Waals surface area (Å²) in [6, 6.07) is 0. The molecule has 4 rings (SSSR count). The average Bonchev–Trinajstić information content (AvgIpc) is 3.08. The molecule has 2 saturated heterocycles. The van der Waals surface area contributed by atoms with Gasteiger partial charge in [-0.2, -0.15) is 0 Å². The third-order valence-electron chi connectivity index (χ3n) is 3.97. The minimum atomic E-state index is -3.21. The number of hydrogen-bond donors (Lipinski definition) is 2. The van der Waals surface area contributed by atoms with Crippen LogP contribution in [0.5, 0.6) is 5.88 Å². The SMILES string of the molecule is B[PH]1(O)OC[C@H]2O[C@@H](n3cnc4c(OC)ncnc43)C(O)[C@@H]2O1. The molecular formula is C11H16BN4O6P. The van der Waals surface area contributed by atoms with Gasteiger partial charge in [0.2, 0.25) is 0 Å². The van der Waals surface area contributed by atoms with Crippen LogP contribution < -0.4 is 4.74 Å². The third kappa shape index (κ3) is 2.40. The van der Waals surface area contributed by atoms with Gasteiger partial charge in [0.15, 0.2) is 0 Å². The van der Waals surface area contributed by atoms with Crippen molar-refractivity contribution < 1.29 is 28.5 Å². The quantitative estimate of drug-likeness (QED) is 0.498. The summed E-state index contributed by atoms with van der Waals surface area (Å²) in [7, 11) is -0.209. The Labute approximate surface area is 132 Å². The van der Waals surface area contributed by atoms with Crippen LogP contribution in [0.3, 0.4) is 0 Å². The Bertz CT molecular complexity index is 744. The summed E-state index contributed by atoms with van der Waals surface area (Å²) in [6.07, 6.45) is -0.00276. The second kappa shape index (κ2) is 5.33. The molecular weight excluding hydrogens is 326 g/mol. The Morgan fingerprint density at radius 1 is 1.43 bits per heavy atom. The van der Waals surface area contributed by atoms with Gasteiger partial charge in [-0.1, -0.05) is 0 Å². The van der Waals surface area contributed by atoms with Crippen molar-refractivity contribution in [3.8, 4) is 5.88 Å². The average molecular weight is 342 g/mol. The van der Waals surface area contributed by atoms with Crippen molar-refractivity contribution >= 4 is 26.6 Å². The minimum absolute atomic E-state index is 0.169. The molecule has 0 bridgehead atoms. The zero-order valence-electron chi connectivity index (χ0n) is 12.5. The molecule has 2 fully saturated rings. The van der Waals surface area contributed by atoms with Gasteiger partial charge in [0.05, 0.1) is 0 Å². The molecule has 0 aromatic carbocycles. The van der Waals surface area contributed by atoms with E-state index in [-0.39, 0.29) is 6.61 Å². The summed E-state index contributed by atoms with van der Waals surface area (Å²) in [5.74, 6) is 0.341. The first-order valence-electron chi connectivity index (χ1n) is 7.09. The van der Waals surface area contributed by atoms with Crippen LogP contribution in [0.1, 0.15) is 6.23 Å². The fraction of sp³-hybridized carbons (Fsp3) is 0.545. The van der Waals surface area contributed by atoms with Gasteiger partial charge in [-0.3, -0.25) is 0 Å². The third-order valence-corrected chi connectivity index (χ3v) is 5.38. The number of methoxy groups -OCH3 is 1. The Morgan fingerprint density at radius 2 is 2.26 bits per heavy atom. The van der Waals surface area contributed by atoms with Crippen LogP contribution in [0.15, 0.2) is 12.7 Å². The Kier molecular flexibility index (Phi) is 3.52. The number of aliphatic hydroxyl groups excluding tert-OH is 1. The van der Waals surface area contributed by atoms with Crippen LogP contribution in [0.25, 0.3) is 11.2 Å². The first-order chi connectivity index (χ1) is 11.0. The van der Waals surface area contributed by atoms with E-state index in [0.29, 0.717) is 17.0 Å². The van der Waals surface area contributed by atoms with Crippen LogP contribution in [0, 0.1) is 0 Å². The maximum absolute atomic E-state index is 10.6. The van der Waals surface area contributed by atoms with Crippen LogP contribution in [0.2, 0.25) is 0 Å². The predicted octanol–water partition coefficient (Wildman–Crippen LogP) is -1.46. The summed E-state index contributed by atoms with van der Waals surface area (Å²) in [5.41, 5.74) is 0.948. The Morgan fingerprint density at radius 3 is 3.04 bits per heavy atom. The van der Waals surface area contributed by atoms with E-state index in [9.17, 15) is 10.00 Å². The van der Waals surface area contributed by atoms with Gasteiger partial charge < -0.3 is 0 Å². The second-order valence-corrected chi connectivity index (χ2v) is 7.87. The molecule has 0 amide bonds. The van der Waals surface area contributed by atoms with Gasteiger partial charge in [-0.25, -0.2) is 0 Å². The van der Waals surface area contributed by atoms with E-state index in [0.717, 1.165) is 0 Å². The first kappa shape index (κ1) is 15.2. The Balaban J connectivity index is 1.69. The normalized spacial score (nSPS) is 34.2. The molecule has 2 aromatic rings. The van der Waals surface area contributed by atoms with Crippen LogP contribution in [-0.4, -0.2) is 69.1 Å². The van der Waals surface area contributed by atoms with E-state index >= 15 is 0 Å². The number of fused-ring (bicyclic) bond motifs is 2. The van der Waals surface area contributed by atoms with Crippen molar-refractivity contribution in [2.45, 2.75) is 24.5 Å². The fourth-order valence-electron chi connectivity index (χ4n) is 2.92. The van der Waals surface area contributed by atoms with E-state index in [1.54, 1.807) is 4.57 Å². The molecule has 0 radical (unpaired) electrons. The van der Waals surface area contributed by atoms with E-state index in [1.165, 1.54) is 27.3 Å². The monoisotopic (exact) mass is 342 g/mol. The van der Waals surface area contributed by atoms with Crippen molar-refractivity contribution in [2.75, 3.05) is 13.7 Å². The van der Waals surface area contributed by atoms with Gasteiger partial charge in [0, 0.05) is 0 Å². The number of aliphatic hydroxyl groups is 1. The Hall–Kier alpha value is -1.36. The molecule has 10 nitrogen and oxygen atoms in total. The van der Waals surface area contributed by atoms with Crippen molar-refractivity contribution in [2.24, 2.45) is 0 Å². The molecule has 4 atom stereocenters. The van der Waals surface area contributed by atoms with E-state index in [4.69, 9.17) is 18.5 Å². The molecule has 4 heterocycles.